The van der Waals surface area contributed by atoms with Crippen molar-refractivity contribution in [3.8, 4) is 0 Å². The second kappa shape index (κ2) is 9.35. The summed E-state index contributed by atoms with van der Waals surface area (Å²) in [6, 6.07) is 25.3. The van der Waals surface area contributed by atoms with Gasteiger partial charge in [0.05, 0.1) is 11.6 Å². The quantitative estimate of drug-likeness (QED) is 0.498. The van der Waals surface area contributed by atoms with E-state index in [1.165, 1.54) is 23.3 Å². The Labute approximate surface area is 197 Å². The maximum absolute atomic E-state index is 13.0. The minimum absolute atomic E-state index is 0.0126. The Balaban J connectivity index is 1.54. The molecule has 2 bridgehead atoms. The molecule has 3 nitrogen and oxygen atoms in total. The Morgan fingerprint density at radius 1 is 0.765 bits per heavy atom. The maximum atomic E-state index is 13.0. The van der Waals surface area contributed by atoms with Crippen molar-refractivity contribution < 1.29 is 18.3 Å². The molecular formula is C28H27F3N2O. The van der Waals surface area contributed by atoms with Crippen molar-refractivity contribution in [3.63, 3.8) is 0 Å². The largest absolute Gasteiger partial charge is 0.416 e. The molecule has 1 N–H and O–H groups in total. The lowest BCUT2D eigenvalue weighted by Crippen LogP contribution is -2.58. The van der Waals surface area contributed by atoms with Gasteiger partial charge < -0.3 is 5.11 Å². The van der Waals surface area contributed by atoms with E-state index >= 15 is 0 Å². The van der Waals surface area contributed by atoms with E-state index in [2.05, 4.69) is 29.2 Å². The van der Waals surface area contributed by atoms with Gasteiger partial charge in [0.1, 0.15) is 0 Å². The average molecular weight is 465 g/mol. The summed E-state index contributed by atoms with van der Waals surface area (Å²) >= 11 is 0. The first-order chi connectivity index (χ1) is 16.4. The van der Waals surface area contributed by atoms with Crippen molar-refractivity contribution in [1.82, 2.24) is 4.90 Å². The van der Waals surface area contributed by atoms with Gasteiger partial charge in [-0.15, -0.1) is 0 Å². The standard InChI is InChI=1S/C28H27F3N2O/c29-28(30,31)23-13-11-22(12-14-23)27(34)32-25-21-15-17-33(18-16-21)26(25)24(19-7-3-1-4-8-19)20-9-5-2-6-10-20/h1-14,21,24,26-27,34H,15-18H2. The number of rotatable bonds is 5. The van der Waals surface area contributed by atoms with Gasteiger partial charge in [-0.2, -0.15) is 13.2 Å². The van der Waals surface area contributed by atoms with Gasteiger partial charge in [-0.3, -0.25) is 9.89 Å². The molecule has 6 heteroatoms. The zero-order chi connectivity index (χ0) is 23.7. The molecule has 0 aromatic heterocycles. The molecule has 3 aromatic rings. The van der Waals surface area contributed by atoms with Gasteiger partial charge in [0.2, 0.25) is 0 Å². The summed E-state index contributed by atoms with van der Waals surface area (Å²) in [4.78, 5) is 7.23. The van der Waals surface area contributed by atoms with E-state index in [-0.39, 0.29) is 17.9 Å². The van der Waals surface area contributed by atoms with E-state index in [0.29, 0.717) is 5.56 Å². The minimum atomic E-state index is -4.41. The number of aliphatic imine (C=N–C) groups is 1. The Hall–Kier alpha value is -2.96. The molecule has 0 amide bonds. The van der Waals surface area contributed by atoms with E-state index in [1.54, 1.807) is 0 Å². The summed E-state index contributed by atoms with van der Waals surface area (Å²) in [5.74, 6) is 0.304. The lowest BCUT2D eigenvalue weighted by molar-refractivity contribution is -0.137. The molecule has 176 valence electrons. The number of piperidine rings is 3. The van der Waals surface area contributed by atoms with Gasteiger partial charge in [0, 0.05) is 23.1 Å². The molecule has 3 fully saturated rings. The fraction of sp³-hybridized carbons (Fsp3) is 0.321. The molecule has 34 heavy (non-hydrogen) atoms. The fourth-order valence-corrected chi connectivity index (χ4v) is 5.40. The van der Waals surface area contributed by atoms with Gasteiger partial charge >= 0.3 is 6.18 Å². The summed E-state index contributed by atoms with van der Waals surface area (Å²) in [6.45, 7) is 1.95. The second-order valence-electron chi connectivity index (χ2n) is 9.10. The van der Waals surface area contributed by atoms with Gasteiger partial charge in [-0.05, 0) is 49.2 Å². The van der Waals surface area contributed by atoms with Gasteiger partial charge in [-0.1, -0.05) is 72.8 Å². The summed E-state index contributed by atoms with van der Waals surface area (Å²) in [6.07, 6.45) is -3.65. The predicted molar refractivity (Wildman–Crippen MR) is 127 cm³/mol. The molecule has 3 aliphatic heterocycles. The molecule has 3 heterocycles. The predicted octanol–water partition coefficient (Wildman–Crippen LogP) is 6.06. The minimum Gasteiger partial charge on any atom is -0.368 e. The van der Waals surface area contributed by atoms with Crippen molar-refractivity contribution >= 4 is 5.71 Å². The molecule has 3 saturated heterocycles. The third-order valence-corrected chi connectivity index (χ3v) is 7.08. The van der Waals surface area contributed by atoms with Crippen molar-refractivity contribution in [2.24, 2.45) is 10.9 Å². The highest BCUT2D eigenvalue weighted by Gasteiger charge is 2.44. The van der Waals surface area contributed by atoms with Gasteiger partial charge in [0.25, 0.3) is 0 Å². The van der Waals surface area contributed by atoms with Crippen LogP contribution in [0.3, 0.4) is 0 Å². The van der Waals surface area contributed by atoms with Crippen LogP contribution in [0.5, 0.6) is 0 Å². The molecule has 0 aliphatic carbocycles. The maximum Gasteiger partial charge on any atom is 0.416 e. The number of aliphatic hydroxyl groups excluding tert-OH is 1. The van der Waals surface area contributed by atoms with E-state index < -0.39 is 18.0 Å². The first kappa shape index (κ1) is 22.8. The van der Waals surface area contributed by atoms with Crippen LogP contribution in [0, 0.1) is 5.92 Å². The molecule has 0 saturated carbocycles. The molecule has 0 radical (unpaired) electrons. The number of fused-ring (bicyclic) bond motifs is 3. The van der Waals surface area contributed by atoms with Crippen molar-refractivity contribution in [1.29, 1.82) is 0 Å². The Morgan fingerprint density at radius 3 is 1.79 bits per heavy atom. The van der Waals surface area contributed by atoms with E-state index in [0.717, 1.165) is 43.8 Å². The van der Waals surface area contributed by atoms with Crippen LogP contribution < -0.4 is 0 Å². The number of halogens is 3. The number of hydrogen-bond donors (Lipinski definition) is 1. The molecule has 3 aromatic carbocycles. The molecule has 6 rings (SSSR count). The zero-order valence-corrected chi connectivity index (χ0v) is 18.7. The Kier molecular flexibility index (Phi) is 6.28. The smallest absolute Gasteiger partial charge is 0.368 e. The summed E-state index contributed by atoms with van der Waals surface area (Å²) < 4.78 is 38.9. The van der Waals surface area contributed by atoms with Crippen LogP contribution in [-0.2, 0) is 6.18 Å². The van der Waals surface area contributed by atoms with E-state index in [1.807, 2.05) is 36.4 Å². The highest BCUT2D eigenvalue weighted by Crippen LogP contribution is 2.41. The van der Waals surface area contributed by atoms with Crippen LogP contribution >= 0.6 is 0 Å². The number of hydrogen-bond acceptors (Lipinski definition) is 3. The summed E-state index contributed by atoms with van der Waals surface area (Å²) in [5, 5.41) is 10.9. The number of aliphatic hydroxyl groups is 1. The normalized spacial score (nSPS) is 24.5. The lowest BCUT2D eigenvalue weighted by Gasteiger charge is -2.50. The number of alkyl halides is 3. The molecule has 2 atom stereocenters. The van der Waals surface area contributed by atoms with Crippen LogP contribution in [0.25, 0.3) is 0 Å². The third-order valence-electron chi connectivity index (χ3n) is 7.08. The van der Waals surface area contributed by atoms with Crippen LogP contribution in [0.2, 0.25) is 0 Å². The van der Waals surface area contributed by atoms with Gasteiger partial charge in [0.15, 0.2) is 6.23 Å². The number of benzene rings is 3. The van der Waals surface area contributed by atoms with E-state index in [4.69, 9.17) is 4.99 Å². The van der Waals surface area contributed by atoms with Crippen LogP contribution in [-0.4, -0.2) is 34.8 Å². The van der Waals surface area contributed by atoms with E-state index in [9.17, 15) is 18.3 Å². The molecule has 2 unspecified atom stereocenters. The summed E-state index contributed by atoms with van der Waals surface area (Å²) in [5.41, 5.74) is 2.95. The second-order valence-corrected chi connectivity index (χ2v) is 9.10. The average Bonchev–Trinajstić information content (AvgIpc) is 2.87. The van der Waals surface area contributed by atoms with Crippen molar-refractivity contribution in [2.45, 2.75) is 37.2 Å². The molecular weight excluding hydrogens is 437 g/mol. The monoisotopic (exact) mass is 464 g/mol. The van der Waals surface area contributed by atoms with Crippen LogP contribution in [0.1, 0.15) is 47.2 Å². The zero-order valence-electron chi connectivity index (χ0n) is 18.7. The molecule has 0 spiro atoms. The highest BCUT2D eigenvalue weighted by molar-refractivity contribution is 5.94. The summed E-state index contributed by atoms with van der Waals surface area (Å²) in [7, 11) is 0. The fourth-order valence-electron chi connectivity index (χ4n) is 5.40. The highest BCUT2D eigenvalue weighted by atomic mass is 19.4. The van der Waals surface area contributed by atoms with Crippen LogP contribution in [0.4, 0.5) is 13.2 Å². The van der Waals surface area contributed by atoms with Crippen molar-refractivity contribution in [2.75, 3.05) is 13.1 Å². The Morgan fingerprint density at radius 2 is 1.29 bits per heavy atom. The topological polar surface area (TPSA) is 35.8 Å². The van der Waals surface area contributed by atoms with Gasteiger partial charge in [-0.25, -0.2) is 0 Å². The lowest BCUT2D eigenvalue weighted by atomic mass is 9.72. The first-order valence-electron chi connectivity index (χ1n) is 11.7. The number of nitrogens with zero attached hydrogens (tertiary/aromatic N) is 2. The first-order valence-corrected chi connectivity index (χ1v) is 11.7. The van der Waals surface area contributed by atoms with Crippen molar-refractivity contribution in [3.05, 3.63) is 107 Å². The third kappa shape index (κ3) is 4.52. The molecule has 3 aliphatic rings. The Bertz CT molecular complexity index is 1080. The SMILES string of the molecule is OC(N=C1C2CCN(CC2)C1C(c1ccccc1)c1ccccc1)c1ccc(C(F)(F)F)cc1. The van der Waals surface area contributed by atoms with Crippen LogP contribution in [0.15, 0.2) is 89.9 Å².